The number of nitrogens with zero attached hydrogens (tertiary/aromatic N) is 1. The molecule has 0 fully saturated rings. The summed E-state index contributed by atoms with van der Waals surface area (Å²) < 4.78 is 2.34. The maximum absolute atomic E-state index is 11.9. The molecule has 1 heterocycles. The van der Waals surface area contributed by atoms with Gasteiger partial charge in [0.25, 0.3) is 5.56 Å². The van der Waals surface area contributed by atoms with E-state index in [1.54, 1.807) is 0 Å². The Morgan fingerprint density at radius 2 is 2.05 bits per heavy atom. The molecule has 4 nitrogen and oxygen atoms in total. The van der Waals surface area contributed by atoms with Gasteiger partial charge in [-0.3, -0.25) is 4.79 Å². The second kappa shape index (κ2) is 5.40. The predicted molar refractivity (Wildman–Crippen MR) is 75.6 cm³/mol. The standard InChI is InChI=1S/C14H12BrNO3/c1-9(10-3-2-4-12(15)7-10)16-8-11(14(18)19)5-6-13(16)17/h2-9H,1H3,(H,18,19). The first-order valence-corrected chi connectivity index (χ1v) is 6.49. The van der Waals surface area contributed by atoms with Gasteiger partial charge in [0, 0.05) is 16.7 Å². The fourth-order valence-electron chi connectivity index (χ4n) is 1.86. The zero-order valence-corrected chi connectivity index (χ0v) is 11.8. The van der Waals surface area contributed by atoms with Crippen LogP contribution < -0.4 is 5.56 Å². The fourth-order valence-corrected chi connectivity index (χ4v) is 2.28. The number of carbonyl (C=O) groups is 1. The summed E-state index contributed by atoms with van der Waals surface area (Å²) in [6.07, 6.45) is 1.37. The highest BCUT2D eigenvalue weighted by atomic mass is 79.9. The molecule has 0 saturated carbocycles. The lowest BCUT2D eigenvalue weighted by atomic mass is 10.1. The Labute approximate surface area is 118 Å². The summed E-state index contributed by atoms with van der Waals surface area (Å²) in [5.74, 6) is -1.05. The Bertz CT molecular complexity index is 678. The summed E-state index contributed by atoms with van der Waals surface area (Å²) in [6.45, 7) is 1.86. The van der Waals surface area contributed by atoms with Crippen molar-refractivity contribution in [2.24, 2.45) is 0 Å². The molecule has 1 aromatic heterocycles. The highest BCUT2D eigenvalue weighted by Crippen LogP contribution is 2.20. The third-order valence-corrected chi connectivity index (χ3v) is 3.43. The number of aromatic carboxylic acids is 1. The summed E-state index contributed by atoms with van der Waals surface area (Å²) in [6, 6.07) is 9.94. The highest BCUT2D eigenvalue weighted by molar-refractivity contribution is 9.10. The van der Waals surface area contributed by atoms with Gasteiger partial charge in [0.05, 0.1) is 11.6 Å². The van der Waals surface area contributed by atoms with E-state index < -0.39 is 5.97 Å². The molecule has 1 aromatic carbocycles. The van der Waals surface area contributed by atoms with Gasteiger partial charge in [-0.25, -0.2) is 4.79 Å². The van der Waals surface area contributed by atoms with Crippen molar-refractivity contribution in [3.8, 4) is 0 Å². The van der Waals surface area contributed by atoms with Crippen LogP contribution in [0.5, 0.6) is 0 Å². The molecule has 0 bridgehead atoms. The largest absolute Gasteiger partial charge is 0.478 e. The number of carboxylic acids is 1. The Hall–Kier alpha value is -1.88. The van der Waals surface area contributed by atoms with Crippen LogP contribution in [0.2, 0.25) is 0 Å². The molecular weight excluding hydrogens is 310 g/mol. The van der Waals surface area contributed by atoms with Crippen LogP contribution in [0.15, 0.2) is 51.9 Å². The molecule has 0 saturated heterocycles. The summed E-state index contributed by atoms with van der Waals surface area (Å²) in [4.78, 5) is 22.8. The third kappa shape index (κ3) is 2.93. The normalized spacial score (nSPS) is 12.1. The number of hydrogen-bond acceptors (Lipinski definition) is 2. The molecule has 0 amide bonds. The van der Waals surface area contributed by atoms with E-state index in [1.807, 2.05) is 31.2 Å². The van der Waals surface area contributed by atoms with Crippen LogP contribution in [0, 0.1) is 0 Å². The van der Waals surface area contributed by atoms with E-state index in [-0.39, 0.29) is 17.2 Å². The van der Waals surface area contributed by atoms with Crippen LogP contribution in [0.25, 0.3) is 0 Å². The zero-order chi connectivity index (χ0) is 14.0. The Kier molecular flexibility index (Phi) is 3.85. The molecule has 1 unspecified atom stereocenters. The van der Waals surface area contributed by atoms with E-state index in [4.69, 9.17) is 5.11 Å². The van der Waals surface area contributed by atoms with Crippen LogP contribution in [0.1, 0.15) is 28.9 Å². The summed E-state index contributed by atoms with van der Waals surface area (Å²) in [5.41, 5.74) is 0.804. The van der Waals surface area contributed by atoms with Crippen LogP contribution in [0.3, 0.4) is 0 Å². The molecule has 0 spiro atoms. The lowest BCUT2D eigenvalue weighted by Crippen LogP contribution is -2.24. The predicted octanol–water partition coefficient (Wildman–Crippen LogP) is 2.92. The second-order valence-electron chi connectivity index (χ2n) is 4.20. The van der Waals surface area contributed by atoms with Gasteiger partial charge in [-0.1, -0.05) is 28.1 Å². The summed E-state index contributed by atoms with van der Waals surface area (Å²) in [7, 11) is 0. The zero-order valence-electron chi connectivity index (χ0n) is 10.2. The first kappa shape index (κ1) is 13.5. The van der Waals surface area contributed by atoms with Crippen molar-refractivity contribution in [1.82, 2.24) is 4.57 Å². The van der Waals surface area contributed by atoms with E-state index in [0.29, 0.717) is 0 Å². The van der Waals surface area contributed by atoms with E-state index in [2.05, 4.69) is 15.9 Å². The van der Waals surface area contributed by atoms with Crippen LogP contribution in [-0.4, -0.2) is 15.6 Å². The number of benzene rings is 1. The Balaban J connectivity index is 2.49. The third-order valence-electron chi connectivity index (χ3n) is 2.93. The number of hydrogen-bond donors (Lipinski definition) is 1. The van der Waals surface area contributed by atoms with Crippen molar-refractivity contribution < 1.29 is 9.90 Å². The van der Waals surface area contributed by atoms with Crippen molar-refractivity contribution in [1.29, 1.82) is 0 Å². The molecule has 5 heteroatoms. The number of halogens is 1. The summed E-state index contributed by atoms with van der Waals surface area (Å²) in [5, 5.41) is 8.97. The molecule has 2 rings (SSSR count). The number of pyridine rings is 1. The van der Waals surface area contributed by atoms with Gasteiger partial charge in [0.15, 0.2) is 0 Å². The highest BCUT2D eigenvalue weighted by Gasteiger charge is 2.12. The van der Waals surface area contributed by atoms with Gasteiger partial charge < -0.3 is 9.67 Å². The van der Waals surface area contributed by atoms with E-state index >= 15 is 0 Å². The minimum Gasteiger partial charge on any atom is -0.478 e. The summed E-state index contributed by atoms with van der Waals surface area (Å²) >= 11 is 3.38. The van der Waals surface area contributed by atoms with Gasteiger partial charge in [-0.05, 0) is 30.7 Å². The number of rotatable bonds is 3. The monoisotopic (exact) mass is 321 g/mol. The molecule has 0 aliphatic heterocycles. The Morgan fingerprint density at radius 1 is 1.32 bits per heavy atom. The molecule has 1 atom stereocenters. The van der Waals surface area contributed by atoms with E-state index in [0.717, 1.165) is 10.0 Å². The van der Waals surface area contributed by atoms with Gasteiger partial charge in [-0.2, -0.15) is 0 Å². The minimum atomic E-state index is -1.05. The minimum absolute atomic E-state index is 0.0986. The van der Waals surface area contributed by atoms with Crippen LogP contribution >= 0.6 is 15.9 Å². The SMILES string of the molecule is CC(c1cccc(Br)c1)n1cc(C(=O)O)ccc1=O. The second-order valence-corrected chi connectivity index (χ2v) is 5.12. The van der Waals surface area contributed by atoms with Crippen LogP contribution in [-0.2, 0) is 0 Å². The first-order valence-electron chi connectivity index (χ1n) is 5.70. The van der Waals surface area contributed by atoms with Crippen molar-refractivity contribution in [3.63, 3.8) is 0 Å². The smallest absolute Gasteiger partial charge is 0.337 e. The first-order chi connectivity index (χ1) is 8.99. The molecule has 19 heavy (non-hydrogen) atoms. The van der Waals surface area contributed by atoms with E-state index in [9.17, 15) is 9.59 Å². The Morgan fingerprint density at radius 3 is 2.68 bits per heavy atom. The van der Waals surface area contributed by atoms with Gasteiger partial charge in [0.1, 0.15) is 0 Å². The molecule has 2 aromatic rings. The maximum Gasteiger partial charge on any atom is 0.337 e. The maximum atomic E-state index is 11.9. The van der Waals surface area contributed by atoms with Crippen molar-refractivity contribution in [2.45, 2.75) is 13.0 Å². The lowest BCUT2D eigenvalue weighted by Gasteiger charge is -2.16. The van der Waals surface area contributed by atoms with Gasteiger partial charge in [0.2, 0.25) is 0 Å². The fraction of sp³-hybridized carbons (Fsp3) is 0.143. The van der Waals surface area contributed by atoms with Crippen LogP contribution in [0.4, 0.5) is 0 Å². The molecular formula is C14H12BrNO3. The number of aromatic nitrogens is 1. The van der Waals surface area contributed by atoms with Crippen molar-refractivity contribution in [3.05, 3.63) is 68.5 Å². The topological polar surface area (TPSA) is 59.3 Å². The molecule has 1 N–H and O–H groups in total. The van der Waals surface area contributed by atoms with E-state index in [1.165, 1.54) is 22.9 Å². The molecule has 0 aliphatic rings. The van der Waals surface area contributed by atoms with Crippen molar-refractivity contribution in [2.75, 3.05) is 0 Å². The average molecular weight is 322 g/mol. The molecule has 0 radical (unpaired) electrons. The lowest BCUT2D eigenvalue weighted by molar-refractivity contribution is 0.0695. The molecule has 98 valence electrons. The van der Waals surface area contributed by atoms with Gasteiger partial charge in [-0.15, -0.1) is 0 Å². The van der Waals surface area contributed by atoms with Gasteiger partial charge >= 0.3 is 5.97 Å². The number of carboxylic acid groups (broad SMARTS) is 1. The quantitative estimate of drug-likeness (QED) is 0.945. The average Bonchev–Trinajstić information content (AvgIpc) is 2.38. The van der Waals surface area contributed by atoms with Crippen molar-refractivity contribution >= 4 is 21.9 Å². The molecule has 0 aliphatic carbocycles.